The van der Waals surface area contributed by atoms with Crippen molar-refractivity contribution < 1.29 is 19.2 Å². The Kier molecular flexibility index (Phi) is 7.78. The van der Waals surface area contributed by atoms with Crippen LogP contribution in [0.2, 0.25) is 0 Å². The second-order valence-corrected chi connectivity index (χ2v) is 9.51. The standard InChI is InChI=1S/C25H25BrN4O6/c1-15(25(32)35-2)36-22-11-9-19(30(33)34)12-17(22)14-27-29-23(16-6-4-3-5-7-16)28-21-10-8-18(26)13-20(21)24(29)31/h8-16H,3-7H2,1-2H3/t15-/m1/s1. The van der Waals surface area contributed by atoms with Crippen molar-refractivity contribution in [2.75, 3.05) is 7.11 Å². The quantitative estimate of drug-likeness (QED) is 0.174. The van der Waals surface area contributed by atoms with Crippen LogP contribution in [-0.4, -0.2) is 40.0 Å². The first kappa shape index (κ1) is 25.5. The predicted octanol–water partition coefficient (Wildman–Crippen LogP) is 4.94. The van der Waals surface area contributed by atoms with Crippen LogP contribution >= 0.6 is 15.9 Å². The van der Waals surface area contributed by atoms with Crippen molar-refractivity contribution in [3.8, 4) is 5.75 Å². The lowest BCUT2D eigenvalue weighted by Gasteiger charge is -2.22. The summed E-state index contributed by atoms with van der Waals surface area (Å²) < 4.78 is 12.4. The number of nitrogens with zero attached hydrogens (tertiary/aromatic N) is 4. The molecule has 36 heavy (non-hydrogen) atoms. The third-order valence-corrected chi connectivity index (χ3v) is 6.65. The highest BCUT2D eigenvalue weighted by atomic mass is 79.9. The number of carbonyl (C=O) groups excluding carboxylic acids is 1. The summed E-state index contributed by atoms with van der Waals surface area (Å²) in [5.74, 6) is 0.209. The van der Waals surface area contributed by atoms with E-state index < -0.39 is 17.0 Å². The van der Waals surface area contributed by atoms with E-state index in [4.69, 9.17) is 14.5 Å². The topological polar surface area (TPSA) is 126 Å². The molecule has 1 aromatic heterocycles. The second-order valence-electron chi connectivity index (χ2n) is 8.59. The molecule has 188 valence electrons. The van der Waals surface area contributed by atoms with Crippen molar-refractivity contribution in [3.63, 3.8) is 0 Å². The largest absolute Gasteiger partial charge is 0.478 e. The number of carbonyl (C=O) groups is 1. The Morgan fingerprint density at radius 3 is 2.69 bits per heavy atom. The monoisotopic (exact) mass is 556 g/mol. The molecule has 11 heteroatoms. The highest BCUT2D eigenvalue weighted by Gasteiger charge is 2.23. The number of non-ortho nitro benzene ring substituents is 1. The number of hydrogen-bond acceptors (Lipinski definition) is 8. The Hall–Kier alpha value is -3.60. The Labute approximate surface area is 215 Å². The van der Waals surface area contributed by atoms with E-state index in [0.29, 0.717) is 16.7 Å². The van der Waals surface area contributed by atoms with Crippen molar-refractivity contribution in [1.82, 2.24) is 9.66 Å². The van der Waals surface area contributed by atoms with E-state index in [1.54, 1.807) is 12.1 Å². The van der Waals surface area contributed by atoms with Gasteiger partial charge in [-0.25, -0.2) is 9.78 Å². The first-order chi connectivity index (χ1) is 17.3. The van der Waals surface area contributed by atoms with Gasteiger partial charge < -0.3 is 9.47 Å². The third kappa shape index (κ3) is 5.46. The van der Waals surface area contributed by atoms with E-state index in [0.717, 1.165) is 36.6 Å². The molecule has 0 unspecified atom stereocenters. The third-order valence-electron chi connectivity index (χ3n) is 6.16. The zero-order chi connectivity index (χ0) is 25.8. The van der Waals surface area contributed by atoms with Crippen molar-refractivity contribution in [1.29, 1.82) is 0 Å². The molecule has 0 saturated heterocycles. The van der Waals surface area contributed by atoms with Crippen LogP contribution in [-0.2, 0) is 9.53 Å². The molecule has 0 N–H and O–H groups in total. The molecule has 1 fully saturated rings. The number of fused-ring (bicyclic) bond motifs is 1. The summed E-state index contributed by atoms with van der Waals surface area (Å²) in [6.07, 6.45) is 5.37. The highest BCUT2D eigenvalue weighted by molar-refractivity contribution is 9.10. The Bertz CT molecular complexity index is 1400. The molecular weight excluding hydrogens is 532 g/mol. The van der Waals surface area contributed by atoms with Crippen LogP contribution in [0, 0.1) is 10.1 Å². The van der Waals surface area contributed by atoms with Gasteiger partial charge in [-0.2, -0.15) is 9.78 Å². The first-order valence-corrected chi connectivity index (χ1v) is 12.4. The fourth-order valence-corrected chi connectivity index (χ4v) is 4.65. The van der Waals surface area contributed by atoms with E-state index in [9.17, 15) is 19.7 Å². The number of ether oxygens (including phenoxy) is 2. The van der Waals surface area contributed by atoms with Crippen LogP contribution in [0.25, 0.3) is 10.9 Å². The zero-order valence-electron chi connectivity index (χ0n) is 19.8. The number of halogens is 1. The van der Waals surface area contributed by atoms with Crippen LogP contribution in [0.4, 0.5) is 5.69 Å². The molecule has 1 atom stereocenters. The number of rotatable bonds is 7. The van der Waals surface area contributed by atoms with Gasteiger partial charge in [0.1, 0.15) is 11.6 Å². The lowest BCUT2D eigenvalue weighted by Crippen LogP contribution is -2.26. The number of aromatic nitrogens is 2. The SMILES string of the molecule is COC(=O)[C@@H](C)Oc1ccc([N+](=O)[O-])cc1C=Nn1c(C2CCCCC2)nc2ccc(Br)cc2c1=O. The van der Waals surface area contributed by atoms with Crippen LogP contribution in [0.15, 0.2) is 50.8 Å². The molecule has 10 nitrogen and oxygen atoms in total. The molecule has 0 radical (unpaired) electrons. The molecule has 0 spiro atoms. The molecule has 0 aliphatic heterocycles. The number of methoxy groups -OCH3 is 1. The van der Waals surface area contributed by atoms with E-state index >= 15 is 0 Å². The van der Waals surface area contributed by atoms with Gasteiger partial charge in [0.15, 0.2) is 6.10 Å². The molecule has 0 amide bonds. The number of esters is 1. The smallest absolute Gasteiger partial charge is 0.346 e. The van der Waals surface area contributed by atoms with Gasteiger partial charge in [0.05, 0.1) is 29.2 Å². The average Bonchev–Trinajstić information content (AvgIpc) is 2.88. The summed E-state index contributed by atoms with van der Waals surface area (Å²) >= 11 is 3.40. The lowest BCUT2D eigenvalue weighted by molar-refractivity contribution is -0.384. The van der Waals surface area contributed by atoms with Gasteiger partial charge in [0, 0.05) is 28.1 Å². The summed E-state index contributed by atoms with van der Waals surface area (Å²) in [6.45, 7) is 1.50. The Morgan fingerprint density at radius 1 is 1.25 bits per heavy atom. The number of benzene rings is 2. The number of nitro benzene ring substituents is 1. The van der Waals surface area contributed by atoms with Gasteiger partial charge in [-0.3, -0.25) is 14.9 Å². The molecule has 3 aromatic rings. The summed E-state index contributed by atoms with van der Waals surface area (Å²) in [5, 5.41) is 16.2. The average molecular weight is 557 g/mol. The summed E-state index contributed by atoms with van der Waals surface area (Å²) in [5.41, 5.74) is 0.293. The minimum absolute atomic E-state index is 0.0665. The fraction of sp³-hybridized carbons (Fsp3) is 0.360. The lowest BCUT2D eigenvalue weighted by atomic mass is 9.88. The van der Waals surface area contributed by atoms with Crippen molar-refractivity contribution >= 4 is 44.7 Å². The fourth-order valence-electron chi connectivity index (χ4n) is 4.28. The van der Waals surface area contributed by atoms with Gasteiger partial charge in [-0.1, -0.05) is 35.2 Å². The van der Waals surface area contributed by atoms with Crippen molar-refractivity contribution in [3.05, 3.63) is 72.7 Å². The molecule has 4 rings (SSSR count). The number of nitro groups is 1. The van der Waals surface area contributed by atoms with Crippen LogP contribution in [0.3, 0.4) is 0 Å². The Morgan fingerprint density at radius 2 is 2.00 bits per heavy atom. The molecule has 1 aliphatic carbocycles. The predicted molar refractivity (Wildman–Crippen MR) is 138 cm³/mol. The van der Waals surface area contributed by atoms with Gasteiger partial charge in [-0.15, -0.1) is 0 Å². The van der Waals surface area contributed by atoms with E-state index in [1.807, 2.05) is 6.07 Å². The Balaban J connectivity index is 1.84. The molecular formula is C25H25BrN4O6. The van der Waals surface area contributed by atoms with Gasteiger partial charge >= 0.3 is 5.97 Å². The normalized spacial score (nSPS) is 15.2. The van der Waals surface area contributed by atoms with E-state index in [-0.39, 0.29) is 28.5 Å². The maximum Gasteiger partial charge on any atom is 0.346 e. The molecule has 0 bridgehead atoms. The van der Waals surface area contributed by atoms with Gasteiger partial charge in [0.25, 0.3) is 11.2 Å². The summed E-state index contributed by atoms with van der Waals surface area (Å²) in [6, 6.07) is 9.26. The van der Waals surface area contributed by atoms with Crippen LogP contribution < -0.4 is 10.3 Å². The first-order valence-electron chi connectivity index (χ1n) is 11.6. The van der Waals surface area contributed by atoms with Gasteiger partial charge in [-0.05, 0) is 44.0 Å². The minimum atomic E-state index is -0.955. The molecule has 1 aliphatic rings. The van der Waals surface area contributed by atoms with E-state index in [1.165, 1.54) is 43.1 Å². The maximum atomic E-state index is 13.5. The van der Waals surface area contributed by atoms with E-state index in [2.05, 4.69) is 21.0 Å². The second kappa shape index (κ2) is 11.0. The summed E-state index contributed by atoms with van der Waals surface area (Å²) in [4.78, 5) is 41.0. The molecule has 2 aromatic carbocycles. The molecule has 1 saturated carbocycles. The minimum Gasteiger partial charge on any atom is -0.478 e. The van der Waals surface area contributed by atoms with Crippen molar-refractivity contribution in [2.45, 2.75) is 51.0 Å². The zero-order valence-corrected chi connectivity index (χ0v) is 21.4. The highest BCUT2D eigenvalue weighted by Crippen LogP contribution is 2.32. The van der Waals surface area contributed by atoms with Crippen molar-refractivity contribution in [2.24, 2.45) is 5.10 Å². The van der Waals surface area contributed by atoms with Crippen LogP contribution in [0.1, 0.15) is 56.3 Å². The van der Waals surface area contributed by atoms with Crippen LogP contribution in [0.5, 0.6) is 5.75 Å². The summed E-state index contributed by atoms with van der Waals surface area (Å²) in [7, 11) is 1.24. The van der Waals surface area contributed by atoms with Gasteiger partial charge in [0.2, 0.25) is 0 Å². The number of hydrogen-bond donors (Lipinski definition) is 0. The maximum absolute atomic E-state index is 13.5. The molecule has 1 heterocycles.